The maximum atomic E-state index is 10.8. The fraction of sp³-hybridized carbons (Fsp3) is 0.750. The zero-order chi connectivity index (χ0) is 17.3. The molecule has 3 heteroatoms. The number of aliphatic carboxylic acids is 1. The lowest BCUT2D eigenvalue weighted by Gasteiger charge is -2.58. The van der Waals surface area contributed by atoms with Crippen molar-refractivity contribution in [2.75, 3.05) is 6.61 Å². The predicted octanol–water partition coefficient (Wildman–Crippen LogP) is 4.57. The van der Waals surface area contributed by atoms with Crippen LogP contribution in [0.25, 0.3) is 0 Å². The molecule has 0 spiro atoms. The van der Waals surface area contributed by atoms with E-state index in [2.05, 4.69) is 20.4 Å². The molecule has 0 amide bonds. The maximum Gasteiger partial charge on any atom is 0.328 e. The highest BCUT2D eigenvalue weighted by Gasteiger charge is 2.53. The van der Waals surface area contributed by atoms with Crippen LogP contribution in [0.3, 0.4) is 0 Å². The van der Waals surface area contributed by atoms with Crippen LogP contribution in [0.15, 0.2) is 23.8 Å². The quantitative estimate of drug-likeness (QED) is 0.576. The molecular weight excluding hydrogens is 288 g/mol. The molecule has 2 aliphatic carbocycles. The van der Waals surface area contributed by atoms with E-state index in [-0.39, 0.29) is 17.4 Å². The molecule has 0 heterocycles. The first-order chi connectivity index (χ1) is 10.7. The minimum atomic E-state index is -0.861. The van der Waals surface area contributed by atoms with E-state index < -0.39 is 5.97 Å². The first kappa shape index (κ1) is 18.3. The van der Waals surface area contributed by atoms with Gasteiger partial charge in [-0.2, -0.15) is 0 Å². The summed E-state index contributed by atoms with van der Waals surface area (Å²) in [5.74, 6) is 0.108. The topological polar surface area (TPSA) is 57.5 Å². The van der Waals surface area contributed by atoms with Crippen LogP contribution in [0.5, 0.6) is 0 Å². The molecule has 0 aromatic heterocycles. The van der Waals surface area contributed by atoms with Gasteiger partial charge in [0.05, 0.1) is 0 Å². The van der Waals surface area contributed by atoms with Gasteiger partial charge in [-0.15, -0.1) is 0 Å². The second-order valence-electron chi connectivity index (χ2n) is 8.34. The van der Waals surface area contributed by atoms with Gasteiger partial charge in [-0.05, 0) is 68.1 Å². The van der Waals surface area contributed by atoms with E-state index >= 15 is 0 Å². The SMILES string of the molecule is C=C1CCC2C(C)(CO)CCCC2(C)C1CCC(C)=CC(=O)O. The van der Waals surface area contributed by atoms with E-state index in [1.165, 1.54) is 18.1 Å². The van der Waals surface area contributed by atoms with Crippen LogP contribution < -0.4 is 0 Å². The monoisotopic (exact) mass is 320 g/mol. The number of hydrogen-bond acceptors (Lipinski definition) is 2. The largest absolute Gasteiger partial charge is 0.478 e. The lowest BCUT2D eigenvalue weighted by Crippen LogP contribution is -2.51. The fourth-order valence-electron chi connectivity index (χ4n) is 5.46. The Morgan fingerprint density at radius 3 is 2.70 bits per heavy atom. The smallest absolute Gasteiger partial charge is 0.328 e. The van der Waals surface area contributed by atoms with Gasteiger partial charge in [-0.1, -0.05) is 38.0 Å². The highest BCUT2D eigenvalue weighted by atomic mass is 16.4. The molecule has 2 fully saturated rings. The molecule has 0 bridgehead atoms. The number of fused-ring (bicyclic) bond motifs is 1. The number of allylic oxidation sites excluding steroid dienone is 2. The van der Waals surface area contributed by atoms with Gasteiger partial charge in [-0.3, -0.25) is 0 Å². The van der Waals surface area contributed by atoms with Crippen LogP contribution in [0, 0.1) is 22.7 Å². The van der Waals surface area contributed by atoms with Gasteiger partial charge in [0.15, 0.2) is 0 Å². The second-order valence-corrected chi connectivity index (χ2v) is 8.34. The summed E-state index contributed by atoms with van der Waals surface area (Å²) < 4.78 is 0. The van der Waals surface area contributed by atoms with Crippen molar-refractivity contribution in [2.45, 2.75) is 65.7 Å². The molecule has 2 aliphatic rings. The molecular formula is C20H32O3. The first-order valence-corrected chi connectivity index (χ1v) is 8.91. The molecule has 2 rings (SSSR count). The van der Waals surface area contributed by atoms with Gasteiger partial charge in [0.2, 0.25) is 0 Å². The summed E-state index contributed by atoms with van der Waals surface area (Å²) in [6, 6.07) is 0. The van der Waals surface area contributed by atoms with E-state index in [0.29, 0.717) is 11.8 Å². The molecule has 23 heavy (non-hydrogen) atoms. The Bertz CT molecular complexity index is 507. The molecule has 0 radical (unpaired) electrons. The normalized spacial score (nSPS) is 38.3. The van der Waals surface area contributed by atoms with Crippen LogP contribution in [0.2, 0.25) is 0 Å². The number of aliphatic hydroxyl groups excluding tert-OH is 1. The van der Waals surface area contributed by atoms with Crippen LogP contribution in [0.4, 0.5) is 0 Å². The summed E-state index contributed by atoms with van der Waals surface area (Å²) in [6.45, 7) is 11.1. The molecule has 2 saturated carbocycles. The highest BCUT2D eigenvalue weighted by Crippen LogP contribution is 2.61. The third kappa shape index (κ3) is 3.55. The van der Waals surface area contributed by atoms with Crippen LogP contribution in [-0.4, -0.2) is 22.8 Å². The second kappa shape index (κ2) is 6.80. The predicted molar refractivity (Wildman–Crippen MR) is 93.1 cm³/mol. The van der Waals surface area contributed by atoms with Crippen LogP contribution in [-0.2, 0) is 4.79 Å². The van der Waals surface area contributed by atoms with Crippen molar-refractivity contribution in [3.63, 3.8) is 0 Å². The third-order valence-electron chi connectivity index (χ3n) is 6.70. The average molecular weight is 320 g/mol. The van der Waals surface area contributed by atoms with E-state index in [0.717, 1.165) is 44.1 Å². The van der Waals surface area contributed by atoms with Gasteiger partial charge >= 0.3 is 5.97 Å². The lowest BCUT2D eigenvalue weighted by molar-refractivity contribution is -0.131. The standard InChI is InChI=1S/C20H32O3/c1-14(12-18(22)23)6-8-16-15(2)7-9-17-19(3,13-21)10-5-11-20(16,17)4/h12,16-17,21H,2,5-11,13H2,1,3-4H3,(H,22,23). The Balaban J connectivity index is 2.20. The third-order valence-corrected chi connectivity index (χ3v) is 6.70. The van der Waals surface area contributed by atoms with Crippen molar-refractivity contribution < 1.29 is 15.0 Å². The van der Waals surface area contributed by atoms with Crippen molar-refractivity contribution in [3.8, 4) is 0 Å². The van der Waals surface area contributed by atoms with E-state index in [4.69, 9.17) is 5.11 Å². The molecule has 0 aromatic rings. The summed E-state index contributed by atoms with van der Waals surface area (Å²) >= 11 is 0. The molecule has 3 nitrogen and oxygen atoms in total. The minimum Gasteiger partial charge on any atom is -0.478 e. The molecule has 0 saturated heterocycles. The summed E-state index contributed by atoms with van der Waals surface area (Å²) in [7, 11) is 0. The van der Waals surface area contributed by atoms with Gasteiger partial charge in [0, 0.05) is 12.7 Å². The number of rotatable bonds is 5. The zero-order valence-corrected chi connectivity index (χ0v) is 14.9. The maximum absolute atomic E-state index is 10.8. The van der Waals surface area contributed by atoms with Crippen molar-refractivity contribution in [2.24, 2.45) is 22.7 Å². The average Bonchev–Trinajstić information content (AvgIpc) is 2.45. The number of hydrogen-bond donors (Lipinski definition) is 2. The van der Waals surface area contributed by atoms with Gasteiger partial charge in [0.25, 0.3) is 0 Å². The Labute approximate surface area is 140 Å². The van der Waals surface area contributed by atoms with Gasteiger partial charge in [0.1, 0.15) is 0 Å². The number of carboxylic acids is 1. The Hall–Kier alpha value is -1.09. The minimum absolute atomic E-state index is 0.0257. The summed E-state index contributed by atoms with van der Waals surface area (Å²) in [5.41, 5.74) is 2.47. The Kier molecular flexibility index (Phi) is 5.40. The molecule has 130 valence electrons. The van der Waals surface area contributed by atoms with Crippen LogP contribution >= 0.6 is 0 Å². The Morgan fingerprint density at radius 1 is 1.39 bits per heavy atom. The van der Waals surface area contributed by atoms with Gasteiger partial charge in [-0.25, -0.2) is 4.79 Å². The summed E-state index contributed by atoms with van der Waals surface area (Å²) in [4.78, 5) is 10.8. The summed E-state index contributed by atoms with van der Waals surface area (Å²) in [5, 5.41) is 18.9. The molecule has 0 aromatic carbocycles. The summed E-state index contributed by atoms with van der Waals surface area (Å²) in [6.07, 6.45) is 8.76. The van der Waals surface area contributed by atoms with Crippen LogP contribution in [0.1, 0.15) is 65.7 Å². The molecule has 4 atom stereocenters. The number of aliphatic hydroxyl groups is 1. The molecule has 0 aliphatic heterocycles. The number of carbonyl (C=O) groups is 1. The molecule has 4 unspecified atom stereocenters. The van der Waals surface area contributed by atoms with E-state index in [1.807, 2.05) is 6.92 Å². The highest BCUT2D eigenvalue weighted by molar-refractivity contribution is 5.80. The van der Waals surface area contributed by atoms with Crippen molar-refractivity contribution >= 4 is 5.97 Å². The molecule has 2 N–H and O–H groups in total. The Morgan fingerprint density at radius 2 is 2.09 bits per heavy atom. The first-order valence-electron chi connectivity index (χ1n) is 8.91. The fourth-order valence-corrected chi connectivity index (χ4v) is 5.46. The van der Waals surface area contributed by atoms with Gasteiger partial charge < -0.3 is 10.2 Å². The zero-order valence-electron chi connectivity index (χ0n) is 14.9. The van der Waals surface area contributed by atoms with E-state index in [1.54, 1.807) is 0 Å². The van der Waals surface area contributed by atoms with Crippen molar-refractivity contribution in [3.05, 3.63) is 23.8 Å². The van der Waals surface area contributed by atoms with Crippen molar-refractivity contribution in [1.82, 2.24) is 0 Å². The number of carboxylic acid groups (broad SMARTS) is 1. The lowest BCUT2D eigenvalue weighted by atomic mass is 9.47. The van der Waals surface area contributed by atoms with E-state index in [9.17, 15) is 9.90 Å². The van der Waals surface area contributed by atoms with Crippen molar-refractivity contribution in [1.29, 1.82) is 0 Å².